The van der Waals surface area contributed by atoms with Gasteiger partial charge in [-0.1, -0.05) is 0 Å². The molecule has 0 aliphatic carbocycles. The van der Waals surface area contributed by atoms with E-state index < -0.39 is 13.4 Å². The van der Waals surface area contributed by atoms with Gasteiger partial charge in [0.2, 0.25) is 0 Å². The first-order valence-corrected chi connectivity index (χ1v) is 15.1. The Morgan fingerprint density at radius 1 is 1.14 bits per heavy atom. The summed E-state index contributed by atoms with van der Waals surface area (Å²) in [6.07, 6.45) is 3.93. The summed E-state index contributed by atoms with van der Waals surface area (Å²) >= 11 is -2.74. The molecule has 0 nitrogen and oxygen atoms in total. The molecule has 7 heavy (non-hydrogen) atoms. The Kier molecular flexibility index (Phi) is 4.18. The van der Waals surface area contributed by atoms with Crippen molar-refractivity contribution in [3.63, 3.8) is 0 Å². The SMILES string of the molecule is C[S+](C)[Te](Cl)(Cl)Cl. The predicted octanol–water partition coefficient (Wildman–Crippen LogP) is 2.02. The van der Waals surface area contributed by atoms with E-state index in [0.717, 1.165) is 0 Å². The van der Waals surface area contributed by atoms with Gasteiger partial charge in [-0.05, 0) is 0 Å². The van der Waals surface area contributed by atoms with Crippen LogP contribution in [0, 0.1) is 0 Å². The zero-order valence-electron chi connectivity index (χ0n) is 3.95. The number of hydrogen-bond acceptors (Lipinski definition) is 0. The van der Waals surface area contributed by atoms with Crippen LogP contribution in [0.5, 0.6) is 0 Å². The third kappa shape index (κ3) is 4.51. The van der Waals surface area contributed by atoms with Gasteiger partial charge in [-0.25, -0.2) is 0 Å². The molecule has 0 saturated carbocycles. The fraction of sp³-hybridized carbons (Fsp3) is 1.00. The monoisotopic (exact) mass is 297 g/mol. The number of halogens is 3. The molecule has 0 aromatic carbocycles. The molecule has 0 heterocycles. The average molecular weight is 296 g/mol. The molecule has 0 aromatic heterocycles. The van der Waals surface area contributed by atoms with Gasteiger partial charge in [-0.2, -0.15) is 0 Å². The molecule has 0 atom stereocenters. The van der Waals surface area contributed by atoms with Crippen molar-refractivity contribution in [1.29, 1.82) is 0 Å². The summed E-state index contributed by atoms with van der Waals surface area (Å²) in [6.45, 7) is 0. The van der Waals surface area contributed by atoms with Crippen LogP contribution in [-0.4, -0.2) is 26.0 Å². The summed E-state index contributed by atoms with van der Waals surface area (Å²) in [5.74, 6) is 0. The van der Waals surface area contributed by atoms with Gasteiger partial charge in [0.25, 0.3) is 0 Å². The summed E-state index contributed by atoms with van der Waals surface area (Å²) < 4.78 is 0. The zero-order valence-corrected chi connectivity index (χ0v) is 9.37. The summed E-state index contributed by atoms with van der Waals surface area (Å²) in [5.41, 5.74) is 0. The van der Waals surface area contributed by atoms with Gasteiger partial charge in [0.15, 0.2) is 0 Å². The number of hydrogen-bond donors (Lipinski definition) is 0. The molecule has 0 N–H and O–H groups in total. The molecule has 0 radical (unpaired) electrons. The van der Waals surface area contributed by atoms with Crippen molar-refractivity contribution in [2.24, 2.45) is 0 Å². The van der Waals surface area contributed by atoms with Crippen LogP contribution in [0.3, 0.4) is 0 Å². The normalized spacial score (nSPS) is 15.1. The van der Waals surface area contributed by atoms with Gasteiger partial charge in [-0.3, -0.25) is 0 Å². The molecule has 0 rings (SSSR count). The maximum absolute atomic E-state index is 5.60. The third-order valence-electron chi connectivity index (χ3n) is 0.378. The van der Waals surface area contributed by atoms with E-state index in [2.05, 4.69) is 0 Å². The molecule has 0 amide bonds. The van der Waals surface area contributed by atoms with Crippen molar-refractivity contribution in [1.82, 2.24) is 0 Å². The van der Waals surface area contributed by atoms with Crippen LogP contribution in [-0.2, 0) is 8.12 Å². The van der Waals surface area contributed by atoms with E-state index >= 15 is 0 Å². The van der Waals surface area contributed by atoms with Crippen LogP contribution >= 0.6 is 26.9 Å². The van der Waals surface area contributed by atoms with Crippen molar-refractivity contribution in [3.05, 3.63) is 0 Å². The van der Waals surface area contributed by atoms with Crippen LogP contribution in [0.2, 0.25) is 0 Å². The molecule has 0 spiro atoms. The first-order chi connectivity index (χ1) is 2.94. The summed E-state index contributed by atoms with van der Waals surface area (Å²) in [6, 6.07) is 0. The Hall–Kier alpha value is 2.01. The first kappa shape index (κ1) is 9.01. The van der Waals surface area contributed by atoms with Gasteiger partial charge in [0.05, 0.1) is 0 Å². The Balaban J connectivity index is 3.54. The average Bonchev–Trinajstić information content (AvgIpc) is 1.31. The van der Waals surface area contributed by atoms with Gasteiger partial charge in [-0.15, -0.1) is 0 Å². The molecule has 0 aliphatic rings. The Morgan fingerprint density at radius 3 is 1.29 bits per heavy atom. The van der Waals surface area contributed by atoms with Crippen molar-refractivity contribution in [2.75, 3.05) is 12.5 Å². The molecule has 46 valence electrons. The van der Waals surface area contributed by atoms with E-state index in [4.69, 9.17) is 26.9 Å². The molecular formula is C2H6Cl3STe+. The van der Waals surface area contributed by atoms with Gasteiger partial charge in [0.1, 0.15) is 0 Å². The number of rotatable bonds is 1. The van der Waals surface area contributed by atoms with Gasteiger partial charge < -0.3 is 0 Å². The van der Waals surface area contributed by atoms with Gasteiger partial charge in [0, 0.05) is 0 Å². The minimum atomic E-state index is -2.74. The maximum atomic E-state index is 5.60. The second kappa shape index (κ2) is 3.25. The Morgan fingerprint density at radius 2 is 1.29 bits per heavy atom. The van der Waals surface area contributed by atoms with Crippen LogP contribution in [0.4, 0.5) is 0 Å². The molecule has 5 heteroatoms. The fourth-order valence-corrected chi connectivity index (χ4v) is 0. The predicted molar refractivity (Wildman–Crippen MR) is 42.5 cm³/mol. The van der Waals surface area contributed by atoms with E-state index in [9.17, 15) is 0 Å². The Bertz CT molecular complexity index is 58.4. The van der Waals surface area contributed by atoms with Crippen LogP contribution in [0.1, 0.15) is 0 Å². The molecule has 0 fully saturated rings. The molecule has 0 saturated heterocycles. The van der Waals surface area contributed by atoms with E-state index in [-0.39, 0.29) is 8.12 Å². The van der Waals surface area contributed by atoms with Crippen LogP contribution in [0.25, 0.3) is 0 Å². The molecule has 0 unspecified atom stereocenters. The molecule has 0 aliphatic heterocycles. The van der Waals surface area contributed by atoms with E-state index in [1.54, 1.807) is 0 Å². The van der Waals surface area contributed by atoms with E-state index in [0.29, 0.717) is 0 Å². The quantitative estimate of drug-likeness (QED) is 0.513. The van der Waals surface area contributed by atoms with Crippen molar-refractivity contribution >= 4 is 48.5 Å². The summed E-state index contributed by atoms with van der Waals surface area (Å²) in [5, 5.41) is 0. The Labute approximate surface area is 60.3 Å². The van der Waals surface area contributed by atoms with Gasteiger partial charge >= 0.3 is 61.0 Å². The van der Waals surface area contributed by atoms with Crippen LogP contribution in [0.15, 0.2) is 0 Å². The summed E-state index contributed by atoms with van der Waals surface area (Å²) in [4.78, 5) is 0. The van der Waals surface area contributed by atoms with Crippen molar-refractivity contribution < 1.29 is 0 Å². The van der Waals surface area contributed by atoms with E-state index in [1.165, 1.54) is 0 Å². The second-order valence-electron chi connectivity index (χ2n) is 1.11. The third-order valence-corrected chi connectivity index (χ3v) is 22.8. The second-order valence-corrected chi connectivity index (χ2v) is 29.9. The molecular weight excluding hydrogens is 290 g/mol. The van der Waals surface area contributed by atoms with Crippen molar-refractivity contribution in [3.8, 4) is 0 Å². The fourth-order valence-electron chi connectivity index (χ4n) is 0. The van der Waals surface area contributed by atoms with Crippen molar-refractivity contribution in [2.45, 2.75) is 0 Å². The standard InChI is InChI=1S/C2H6Cl3STe/c1-6(2)7(3,4)5/h1-2H3/q+1. The zero-order chi connectivity index (χ0) is 6.08. The summed E-state index contributed by atoms with van der Waals surface area (Å²) in [7, 11) is 16.9. The van der Waals surface area contributed by atoms with E-state index in [1.807, 2.05) is 12.5 Å². The molecule has 0 bridgehead atoms. The van der Waals surface area contributed by atoms with Crippen LogP contribution < -0.4 is 0 Å². The first-order valence-electron chi connectivity index (χ1n) is 1.45. The molecule has 0 aromatic rings. The topological polar surface area (TPSA) is 0 Å². The minimum absolute atomic E-state index is 0.0534.